The van der Waals surface area contributed by atoms with Crippen molar-refractivity contribution in [2.75, 3.05) is 13.1 Å². The van der Waals surface area contributed by atoms with Crippen LogP contribution in [0.4, 0.5) is 4.39 Å². The Morgan fingerprint density at radius 1 is 1.06 bits per heavy atom. The van der Waals surface area contributed by atoms with E-state index in [1.807, 2.05) is 6.07 Å². The van der Waals surface area contributed by atoms with E-state index < -0.39 is 5.63 Å². The smallest absolute Gasteiger partial charge is 0.349 e. The quantitative estimate of drug-likeness (QED) is 0.466. The maximum Gasteiger partial charge on any atom is 0.349 e. The Hall–Kier alpha value is -3.81. The fourth-order valence-electron chi connectivity index (χ4n) is 3.83. The topological polar surface area (TPSA) is 89.4 Å². The molecule has 0 saturated carbocycles. The first kappa shape index (κ1) is 19.2. The number of carbonyl (C=O) groups is 1. The third-order valence-electron chi connectivity index (χ3n) is 5.55. The van der Waals surface area contributed by atoms with Gasteiger partial charge in [-0.25, -0.2) is 9.18 Å². The first-order valence-corrected chi connectivity index (χ1v) is 10.0. The van der Waals surface area contributed by atoms with Crippen molar-refractivity contribution in [3.63, 3.8) is 0 Å². The molecule has 31 heavy (non-hydrogen) atoms. The van der Waals surface area contributed by atoms with Crippen molar-refractivity contribution in [1.82, 2.24) is 15.0 Å². The predicted molar refractivity (Wildman–Crippen MR) is 110 cm³/mol. The highest BCUT2D eigenvalue weighted by molar-refractivity contribution is 5.96. The van der Waals surface area contributed by atoms with Crippen LogP contribution in [-0.4, -0.2) is 34.0 Å². The van der Waals surface area contributed by atoms with Crippen LogP contribution in [0.1, 0.15) is 35.0 Å². The number of hydrogen-bond acceptors (Lipinski definition) is 6. The Bertz CT molecular complexity index is 1300. The number of aromatic nitrogens is 2. The highest BCUT2D eigenvalue weighted by Gasteiger charge is 2.29. The summed E-state index contributed by atoms with van der Waals surface area (Å²) in [5.41, 5.74) is 0.531. The molecule has 0 radical (unpaired) electrons. The third kappa shape index (κ3) is 3.72. The van der Waals surface area contributed by atoms with Gasteiger partial charge >= 0.3 is 5.63 Å². The van der Waals surface area contributed by atoms with Gasteiger partial charge in [0.15, 0.2) is 0 Å². The minimum absolute atomic E-state index is 0.0127. The summed E-state index contributed by atoms with van der Waals surface area (Å²) in [4.78, 5) is 31.3. The van der Waals surface area contributed by atoms with Crippen LogP contribution in [0, 0.1) is 5.82 Å². The van der Waals surface area contributed by atoms with Gasteiger partial charge in [0.25, 0.3) is 5.91 Å². The molecule has 1 aliphatic rings. The lowest BCUT2D eigenvalue weighted by molar-refractivity contribution is 0.0700. The Kier molecular flexibility index (Phi) is 4.82. The van der Waals surface area contributed by atoms with Gasteiger partial charge in [0.2, 0.25) is 11.7 Å². The monoisotopic (exact) mass is 419 g/mol. The van der Waals surface area contributed by atoms with Crippen LogP contribution in [0.5, 0.6) is 0 Å². The van der Waals surface area contributed by atoms with E-state index in [1.165, 1.54) is 12.1 Å². The number of hydrogen-bond donors (Lipinski definition) is 0. The van der Waals surface area contributed by atoms with Crippen LogP contribution in [0.3, 0.4) is 0 Å². The Labute approximate surface area is 176 Å². The van der Waals surface area contributed by atoms with Gasteiger partial charge in [-0.1, -0.05) is 23.4 Å². The van der Waals surface area contributed by atoms with Gasteiger partial charge < -0.3 is 13.8 Å². The Balaban J connectivity index is 1.28. The molecular formula is C23H18FN3O4. The van der Waals surface area contributed by atoms with Crippen LogP contribution in [0.15, 0.2) is 68.3 Å². The van der Waals surface area contributed by atoms with Gasteiger partial charge in [0, 0.05) is 30.0 Å². The highest BCUT2D eigenvalue weighted by atomic mass is 19.1. The lowest BCUT2D eigenvalue weighted by Gasteiger charge is -2.30. The zero-order chi connectivity index (χ0) is 21.4. The number of fused-ring (bicyclic) bond motifs is 1. The molecule has 2 aromatic carbocycles. The molecule has 0 atom stereocenters. The Morgan fingerprint density at radius 2 is 1.81 bits per heavy atom. The summed E-state index contributed by atoms with van der Waals surface area (Å²) in [6, 6.07) is 14.6. The average molecular weight is 419 g/mol. The van der Waals surface area contributed by atoms with Crippen LogP contribution in [-0.2, 0) is 0 Å². The predicted octanol–water partition coefficient (Wildman–Crippen LogP) is 4.00. The molecule has 0 spiro atoms. The van der Waals surface area contributed by atoms with Gasteiger partial charge in [-0.3, -0.25) is 4.79 Å². The molecule has 4 aromatic rings. The van der Waals surface area contributed by atoms with E-state index in [0.717, 1.165) is 0 Å². The van der Waals surface area contributed by atoms with E-state index >= 15 is 0 Å². The fourth-order valence-corrected chi connectivity index (χ4v) is 3.83. The molecule has 8 heteroatoms. The Morgan fingerprint density at radius 3 is 2.58 bits per heavy atom. The summed E-state index contributed by atoms with van der Waals surface area (Å²) in [6.07, 6.45) is 1.27. The van der Waals surface area contributed by atoms with E-state index in [0.29, 0.717) is 54.2 Å². The second-order valence-corrected chi connectivity index (χ2v) is 7.51. The van der Waals surface area contributed by atoms with Crippen LogP contribution < -0.4 is 5.63 Å². The third-order valence-corrected chi connectivity index (χ3v) is 5.55. The second kappa shape index (κ2) is 7.79. The van der Waals surface area contributed by atoms with E-state index in [9.17, 15) is 14.0 Å². The number of rotatable bonds is 3. The molecular weight excluding hydrogens is 401 g/mol. The number of nitrogens with zero attached hydrogens (tertiary/aromatic N) is 3. The van der Waals surface area contributed by atoms with E-state index in [-0.39, 0.29) is 23.2 Å². The summed E-state index contributed by atoms with van der Waals surface area (Å²) in [5.74, 6) is 0.248. The molecule has 1 aliphatic heterocycles. The normalized spacial score (nSPS) is 14.8. The van der Waals surface area contributed by atoms with Gasteiger partial charge in [-0.05, 0) is 49.2 Å². The van der Waals surface area contributed by atoms with Crippen molar-refractivity contribution < 1.29 is 18.1 Å². The summed E-state index contributed by atoms with van der Waals surface area (Å²) >= 11 is 0. The summed E-state index contributed by atoms with van der Waals surface area (Å²) in [5, 5.41) is 4.70. The van der Waals surface area contributed by atoms with E-state index in [1.54, 1.807) is 41.3 Å². The molecule has 0 aliphatic carbocycles. The van der Waals surface area contributed by atoms with Crippen LogP contribution in [0.2, 0.25) is 0 Å². The zero-order valence-corrected chi connectivity index (χ0v) is 16.5. The average Bonchev–Trinajstić information content (AvgIpc) is 3.29. The van der Waals surface area contributed by atoms with Crippen molar-refractivity contribution in [3.8, 4) is 11.4 Å². The molecule has 1 amide bonds. The summed E-state index contributed by atoms with van der Waals surface area (Å²) in [7, 11) is 0. The van der Waals surface area contributed by atoms with Crippen molar-refractivity contribution in [2.45, 2.75) is 18.8 Å². The lowest BCUT2D eigenvalue weighted by Crippen LogP contribution is -2.39. The summed E-state index contributed by atoms with van der Waals surface area (Å²) < 4.78 is 23.8. The number of benzene rings is 2. The van der Waals surface area contributed by atoms with E-state index in [2.05, 4.69) is 10.1 Å². The maximum absolute atomic E-state index is 13.1. The largest absolute Gasteiger partial charge is 0.422 e. The molecule has 5 rings (SSSR count). The highest BCUT2D eigenvalue weighted by Crippen LogP contribution is 2.29. The van der Waals surface area contributed by atoms with Crippen LogP contribution in [0.25, 0.3) is 22.4 Å². The number of likely N-dealkylation sites (tertiary alicyclic amines) is 1. The molecule has 2 aromatic heterocycles. The molecule has 3 heterocycles. The number of amides is 1. The van der Waals surface area contributed by atoms with Gasteiger partial charge in [0.05, 0.1) is 0 Å². The number of para-hydroxylation sites is 1. The number of piperidine rings is 1. The molecule has 1 fully saturated rings. The van der Waals surface area contributed by atoms with Crippen molar-refractivity contribution >= 4 is 16.9 Å². The standard InChI is InChI=1S/C23H18FN3O4/c24-17-7-5-14(6-8-17)20-25-21(31-26-20)15-9-11-27(12-10-15)22(28)18-13-16-3-1-2-4-19(16)30-23(18)29/h1-8,13,15H,9-12H2. The molecule has 0 N–H and O–H groups in total. The molecule has 156 valence electrons. The van der Waals surface area contributed by atoms with Gasteiger partial charge in [0.1, 0.15) is 17.0 Å². The molecule has 0 unspecified atom stereocenters. The SMILES string of the molecule is O=C(c1cc2ccccc2oc1=O)N1CCC(c2nc(-c3ccc(F)cc3)no2)CC1. The van der Waals surface area contributed by atoms with Crippen molar-refractivity contribution in [3.05, 3.63) is 82.3 Å². The minimum Gasteiger partial charge on any atom is -0.422 e. The molecule has 0 bridgehead atoms. The van der Waals surface area contributed by atoms with Gasteiger partial charge in [-0.2, -0.15) is 4.98 Å². The lowest BCUT2D eigenvalue weighted by atomic mass is 9.96. The number of halogens is 1. The summed E-state index contributed by atoms with van der Waals surface area (Å²) in [6.45, 7) is 0.925. The molecule has 7 nitrogen and oxygen atoms in total. The minimum atomic E-state index is -0.633. The second-order valence-electron chi connectivity index (χ2n) is 7.51. The number of carbonyl (C=O) groups excluding carboxylic acids is 1. The van der Waals surface area contributed by atoms with E-state index in [4.69, 9.17) is 8.94 Å². The zero-order valence-electron chi connectivity index (χ0n) is 16.5. The van der Waals surface area contributed by atoms with Gasteiger partial charge in [-0.15, -0.1) is 0 Å². The maximum atomic E-state index is 13.1. The van der Waals surface area contributed by atoms with Crippen LogP contribution >= 0.6 is 0 Å². The molecule has 1 saturated heterocycles. The first-order valence-electron chi connectivity index (χ1n) is 10.0. The van der Waals surface area contributed by atoms with Crippen molar-refractivity contribution in [1.29, 1.82) is 0 Å². The van der Waals surface area contributed by atoms with Crippen molar-refractivity contribution in [2.24, 2.45) is 0 Å². The fraction of sp³-hybridized carbons (Fsp3) is 0.217. The first-order chi connectivity index (χ1) is 15.1.